The molecule has 164 valence electrons. The monoisotopic (exact) mass is 426 g/mol. The summed E-state index contributed by atoms with van der Waals surface area (Å²) in [6, 6.07) is 11.1. The Kier molecular flexibility index (Phi) is 6.46. The zero-order valence-electron chi connectivity index (χ0n) is 17.1. The summed E-state index contributed by atoms with van der Waals surface area (Å²) in [5, 5.41) is 24.4. The first-order chi connectivity index (χ1) is 14.8. The molecule has 2 aromatic rings. The molecule has 0 atom stereocenters. The Morgan fingerprint density at radius 2 is 1.90 bits per heavy atom. The van der Waals surface area contributed by atoms with Crippen LogP contribution in [-0.2, 0) is 11.3 Å². The summed E-state index contributed by atoms with van der Waals surface area (Å²) in [6.07, 6.45) is 0. The van der Waals surface area contributed by atoms with Crippen LogP contribution in [0.2, 0.25) is 0 Å². The lowest BCUT2D eigenvalue weighted by molar-refractivity contribution is -0.122. The Morgan fingerprint density at radius 3 is 2.52 bits per heavy atom. The first-order valence-corrected chi connectivity index (χ1v) is 9.62. The lowest BCUT2D eigenvalue weighted by Gasteiger charge is -2.43. The van der Waals surface area contributed by atoms with Crippen LogP contribution in [0.5, 0.6) is 5.75 Å². The molecule has 8 N–H and O–H groups in total. The number of carbonyl (C=O) groups excluding carboxylic acids is 2. The van der Waals surface area contributed by atoms with Gasteiger partial charge in [0.15, 0.2) is 0 Å². The van der Waals surface area contributed by atoms with Gasteiger partial charge in [-0.15, -0.1) is 0 Å². The molecule has 0 spiro atoms. The Bertz CT molecular complexity index is 959. The van der Waals surface area contributed by atoms with Gasteiger partial charge < -0.3 is 21.9 Å². The second-order valence-electron chi connectivity index (χ2n) is 7.01. The number of benzene rings is 2. The summed E-state index contributed by atoms with van der Waals surface area (Å²) in [5.41, 5.74) is 16.4. The largest absolute Gasteiger partial charge is 0.508 e. The molecule has 0 unspecified atom stereocenters. The van der Waals surface area contributed by atoms with Crippen LogP contribution in [0.15, 0.2) is 42.5 Å². The van der Waals surface area contributed by atoms with Crippen molar-refractivity contribution in [2.75, 3.05) is 37.4 Å². The number of phenolic OH excluding ortho intramolecular Hbond substituents is 1. The van der Waals surface area contributed by atoms with Crippen LogP contribution >= 0.6 is 0 Å². The van der Waals surface area contributed by atoms with E-state index in [0.29, 0.717) is 30.0 Å². The zero-order valence-corrected chi connectivity index (χ0v) is 17.1. The first kappa shape index (κ1) is 21.7. The predicted octanol–water partition coefficient (Wildman–Crippen LogP) is 0.168. The molecule has 1 saturated heterocycles. The number of rotatable bonds is 7. The molecule has 3 rings (SSSR count). The number of carbonyl (C=O) groups is 2. The summed E-state index contributed by atoms with van der Waals surface area (Å²) in [7, 11) is 1.63. The highest BCUT2D eigenvalue weighted by molar-refractivity contribution is 5.94. The molecule has 11 heteroatoms. The molecule has 0 bridgehead atoms. The lowest BCUT2D eigenvalue weighted by atomic mass is 10.1. The number of phenols is 1. The third-order valence-corrected chi connectivity index (χ3v) is 4.82. The van der Waals surface area contributed by atoms with Gasteiger partial charge in [-0.25, -0.2) is 15.2 Å². The quantitative estimate of drug-likeness (QED) is 0.209. The second kappa shape index (κ2) is 9.22. The van der Waals surface area contributed by atoms with Crippen molar-refractivity contribution in [3.8, 4) is 5.75 Å². The molecule has 1 fully saturated rings. The van der Waals surface area contributed by atoms with Gasteiger partial charge in [0.2, 0.25) is 5.91 Å². The number of nitrogens with two attached hydrogens (primary N) is 2. The van der Waals surface area contributed by atoms with Crippen LogP contribution in [0.4, 0.5) is 16.2 Å². The Hall–Kier alpha value is -3.99. The number of anilines is 2. The Morgan fingerprint density at radius 1 is 1.19 bits per heavy atom. The maximum atomic E-state index is 12.9. The normalized spacial score (nSPS) is 14.0. The van der Waals surface area contributed by atoms with Crippen LogP contribution < -0.4 is 27.2 Å². The van der Waals surface area contributed by atoms with Crippen molar-refractivity contribution < 1.29 is 14.7 Å². The molecule has 3 amide bonds. The molecular formula is C20H26N8O3. The maximum absolute atomic E-state index is 12.9. The van der Waals surface area contributed by atoms with Gasteiger partial charge >= 0.3 is 6.03 Å². The minimum atomic E-state index is -0.406. The summed E-state index contributed by atoms with van der Waals surface area (Å²) in [5.74, 6) is -0.419. The highest BCUT2D eigenvalue weighted by Crippen LogP contribution is 2.27. The minimum Gasteiger partial charge on any atom is -0.508 e. The van der Waals surface area contributed by atoms with Crippen molar-refractivity contribution in [3.05, 3.63) is 53.6 Å². The average Bonchev–Trinajstić information content (AvgIpc) is 2.73. The molecule has 2 aromatic carbocycles. The highest BCUT2D eigenvalue weighted by atomic mass is 16.3. The van der Waals surface area contributed by atoms with E-state index in [1.165, 1.54) is 22.2 Å². The standard InChI is InChI=1S/C20H26N8O3/c1-24-26-6-7-27(16-8-15(21)9-17(29)10-16)28(20(26)31)12-18(30)25-11-13-2-4-14(5-3-13)19(22)23/h2-5,8-10,24,29H,6-7,11-12,21H2,1H3,(H3,22,23)(H,25,30). The van der Waals surface area contributed by atoms with E-state index in [1.807, 2.05) is 0 Å². The van der Waals surface area contributed by atoms with Crippen molar-refractivity contribution >= 4 is 29.1 Å². The van der Waals surface area contributed by atoms with Crippen molar-refractivity contribution in [3.63, 3.8) is 0 Å². The number of hydrogen-bond donors (Lipinski definition) is 6. The van der Waals surface area contributed by atoms with Gasteiger partial charge in [0, 0.05) is 37.0 Å². The van der Waals surface area contributed by atoms with Gasteiger partial charge in [-0.3, -0.25) is 20.2 Å². The fourth-order valence-corrected chi connectivity index (χ4v) is 3.24. The number of amidine groups is 1. The number of nitrogens with zero attached hydrogens (tertiary/aromatic N) is 3. The van der Waals surface area contributed by atoms with Gasteiger partial charge in [-0.2, -0.15) is 0 Å². The van der Waals surface area contributed by atoms with Crippen LogP contribution in [0.25, 0.3) is 0 Å². The highest BCUT2D eigenvalue weighted by Gasteiger charge is 2.33. The summed E-state index contributed by atoms with van der Waals surface area (Å²) < 4.78 is 0. The topological polar surface area (TPSA) is 164 Å². The van der Waals surface area contributed by atoms with E-state index in [1.54, 1.807) is 42.4 Å². The molecular weight excluding hydrogens is 400 g/mol. The first-order valence-electron chi connectivity index (χ1n) is 9.62. The number of urea groups is 1. The third kappa shape index (κ3) is 5.14. The van der Waals surface area contributed by atoms with Gasteiger partial charge in [-0.1, -0.05) is 24.3 Å². The molecule has 0 aliphatic carbocycles. The minimum absolute atomic E-state index is 0.0269. The lowest BCUT2D eigenvalue weighted by Crippen LogP contribution is -2.64. The van der Waals surface area contributed by atoms with Crippen molar-refractivity contribution in [1.82, 2.24) is 20.8 Å². The molecule has 1 aliphatic heterocycles. The van der Waals surface area contributed by atoms with E-state index in [-0.39, 0.29) is 30.6 Å². The molecule has 1 aliphatic rings. The van der Waals surface area contributed by atoms with Crippen molar-refractivity contribution in [1.29, 1.82) is 5.41 Å². The number of nitrogen functional groups attached to an aromatic ring is 2. The van der Waals surface area contributed by atoms with Gasteiger partial charge in [0.05, 0.1) is 18.8 Å². The Balaban J connectivity index is 1.71. The van der Waals surface area contributed by atoms with Gasteiger partial charge in [0.1, 0.15) is 18.1 Å². The van der Waals surface area contributed by atoms with E-state index in [4.69, 9.17) is 16.9 Å². The fourth-order valence-electron chi connectivity index (χ4n) is 3.24. The van der Waals surface area contributed by atoms with E-state index < -0.39 is 6.03 Å². The van der Waals surface area contributed by atoms with E-state index >= 15 is 0 Å². The summed E-state index contributed by atoms with van der Waals surface area (Å²) >= 11 is 0. The van der Waals surface area contributed by atoms with E-state index in [9.17, 15) is 14.7 Å². The molecule has 0 aromatic heterocycles. The molecule has 0 radical (unpaired) electrons. The number of hydrogen-bond acceptors (Lipinski definition) is 7. The average molecular weight is 426 g/mol. The number of hydrazine groups is 2. The van der Waals surface area contributed by atoms with Crippen LogP contribution in [-0.4, -0.2) is 59.6 Å². The number of amides is 3. The molecule has 1 heterocycles. The van der Waals surface area contributed by atoms with E-state index in [2.05, 4.69) is 10.7 Å². The summed E-state index contributed by atoms with van der Waals surface area (Å²) in [6.45, 7) is 0.812. The molecule has 11 nitrogen and oxygen atoms in total. The second-order valence-corrected chi connectivity index (χ2v) is 7.01. The Labute approximate surface area is 179 Å². The zero-order chi connectivity index (χ0) is 22.5. The molecule has 31 heavy (non-hydrogen) atoms. The fraction of sp³-hybridized carbons (Fsp3) is 0.250. The summed E-state index contributed by atoms with van der Waals surface area (Å²) in [4.78, 5) is 25.5. The van der Waals surface area contributed by atoms with Crippen molar-refractivity contribution in [2.45, 2.75) is 6.54 Å². The van der Waals surface area contributed by atoms with Gasteiger partial charge in [-0.05, 0) is 11.6 Å². The SMILES string of the molecule is CNN1CCN(c2cc(N)cc(O)c2)N(CC(=O)NCc2ccc(C(=N)N)cc2)C1=O. The number of aromatic hydroxyl groups is 1. The molecule has 0 saturated carbocycles. The van der Waals surface area contributed by atoms with Crippen LogP contribution in [0, 0.1) is 5.41 Å². The maximum Gasteiger partial charge on any atom is 0.353 e. The van der Waals surface area contributed by atoms with Crippen LogP contribution in [0.3, 0.4) is 0 Å². The number of nitrogens with one attached hydrogen (secondary N) is 3. The van der Waals surface area contributed by atoms with Crippen LogP contribution in [0.1, 0.15) is 11.1 Å². The van der Waals surface area contributed by atoms with E-state index in [0.717, 1.165) is 5.56 Å². The van der Waals surface area contributed by atoms with Gasteiger partial charge in [0.25, 0.3) is 0 Å². The van der Waals surface area contributed by atoms with Crippen molar-refractivity contribution in [2.24, 2.45) is 5.73 Å². The smallest absolute Gasteiger partial charge is 0.353 e. The predicted molar refractivity (Wildman–Crippen MR) is 117 cm³/mol. The third-order valence-electron chi connectivity index (χ3n) is 4.82.